The van der Waals surface area contributed by atoms with Crippen molar-refractivity contribution < 1.29 is 0 Å². The molecule has 0 aliphatic carbocycles. The summed E-state index contributed by atoms with van der Waals surface area (Å²) in [7, 11) is 0. The van der Waals surface area contributed by atoms with Gasteiger partial charge in [-0.3, -0.25) is 0 Å². The SMILES string of the molecule is C=CCc1c(-c2cncnc2)nsc1N. The fourth-order valence-electron chi connectivity index (χ4n) is 1.31. The Labute approximate surface area is 91.7 Å². The van der Waals surface area contributed by atoms with Crippen LogP contribution in [-0.4, -0.2) is 14.3 Å². The first-order valence-corrected chi connectivity index (χ1v) is 5.20. The van der Waals surface area contributed by atoms with Crippen LogP contribution in [0.3, 0.4) is 0 Å². The van der Waals surface area contributed by atoms with Crippen LogP contribution in [0.15, 0.2) is 31.4 Å². The first kappa shape index (κ1) is 9.79. The molecule has 0 unspecified atom stereocenters. The largest absolute Gasteiger partial charge is 0.389 e. The summed E-state index contributed by atoms with van der Waals surface area (Å²) in [4.78, 5) is 7.92. The lowest BCUT2D eigenvalue weighted by atomic mass is 10.1. The van der Waals surface area contributed by atoms with Crippen LogP contribution in [0.4, 0.5) is 5.00 Å². The highest BCUT2D eigenvalue weighted by Crippen LogP contribution is 2.29. The molecule has 0 aliphatic heterocycles. The number of hydrogen-bond acceptors (Lipinski definition) is 5. The Hall–Kier alpha value is -1.75. The lowest BCUT2D eigenvalue weighted by Gasteiger charge is -1.99. The van der Waals surface area contributed by atoms with Crippen molar-refractivity contribution in [3.05, 3.63) is 36.9 Å². The molecule has 0 fully saturated rings. The van der Waals surface area contributed by atoms with Crippen molar-refractivity contribution in [3.8, 4) is 11.3 Å². The molecule has 0 spiro atoms. The van der Waals surface area contributed by atoms with Crippen molar-refractivity contribution >= 4 is 16.5 Å². The van der Waals surface area contributed by atoms with E-state index < -0.39 is 0 Å². The third kappa shape index (κ3) is 1.87. The second-order valence-corrected chi connectivity index (χ2v) is 3.80. The maximum atomic E-state index is 5.83. The Morgan fingerprint density at radius 3 is 2.80 bits per heavy atom. The summed E-state index contributed by atoms with van der Waals surface area (Å²) in [5, 5.41) is 0.730. The normalized spacial score (nSPS) is 10.1. The van der Waals surface area contributed by atoms with Crippen LogP contribution >= 0.6 is 11.5 Å². The Morgan fingerprint density at radius 1 is 1.40 bits per heavy atom. The van der Waals surface area contributed by atoms with Crippen LogP contribution in [0, 0.1) is 0 Å². The maximum absolute atomic E-state index is 5.83. The van der Waals surface area contributed by atoms with Crippen LogP contribution < -0.4 is 5.73 Å². The van der Waals surface area contributed by atoms with E-state index in [0.29, 0.717) is 6.42 Å². The predicted molar refractivity (Wildman–Crippen MR) is 61.5 cm³/mol. The van der Waals surface area contributed by atoms with Gasteiger partial charge in [-0.15, -0.1) is 6.58 Å². The predicted octanol–water partition coefficient (Wildman–Crippen LogP) is 1.91. The maximum Gasteiger partial charge on any atom is 0.115 e. The minimum atomic E-state index is 0.715. The van der Waals surface area contributed by atoms with Gasteiger partial charge in [0.2, 0.25) is 0 Å². The van der Waals surface area contributed by atoms with Crippen molar-refractivity contribution in [2.45, 2.75) is 6.42 Å². The highest BCUT2D eigenvalue weighted by atomic mass is 32.1. The molecular weight excluding hydrogens is 208 g/mol. The second-order valence-electron chi connectivity index (χ2n) is 2.99. The van der Waals surface area contributed by atoms with Crippen LogP contribution in [0.2, 0.25) is 0 Å². The monoisotopic (exact) mass is 218 g/mol. The zero-order valence-corrected chi connectivity index (χ0v) is 8.87. The Bertz CT molecular complexity index is 464. The molecule has 5 heteroatoms. The van der Waals surface area contributed by atoms with Crippen molar-refractivity contribution in [1.82, 2.24) is 14.3 Å². The summed E-state index contributed by atoms with van der Waals surface area (Å²) in [5.41, 5.74) is 8.59. The Kier molecular flexibility index (Phi) is 2.73. The molecule has 2 aromatic rings. The molecule has 0 aliphatic rings. The lowest BCUT2D eigenvalue weighted by molar-refractivity contribution is 1.16. The lowest BCUT2D eigenvalue weighted by Crippen LogP contribution is -1.91. The molecule has 0 bridgehead atoms. The van der Waals surface area contributed by atoms with Crippen LogP contribution in [0.25, 0.3) is 11.3 Å². The molecule has 0 aromatic carbocycles. The number of allylic oxidation sites excluding steroid dienone is 1. The summed E-state index contributed by atoms with van der Waals surface area (Å²) in [5.74, 6) is 0. The molecule has 15 heavy (non-hydrogen) atoms. The highest BCUT2D eigenvalue weighted by Gasteiger charge is 2.12. The number of nitrogen functional groups attached to an aromatic ring is 1. The fourth-order valence-corrected chi connectivity index (χ4v) is 2.01. The molecule has 2 heterocycles. The van der Waals surface area contributed by atoms with Gasteiger partial charge in [0.1, 0.15) is 11.3 Å². The Balaban J connectivity index is 2.49. The van der Waals surface area contributed by atoms with Gasteiger partial charge in [0.05, 0.1) is 5.69 Å². The van der Waals surface area contributed by atoms with Crippen molar-refractivity contribution in [3.63, 3.8) is 0 Å². The summed E-state index contributed by atoms with van der Waals surface area (Å²) < 4.78 is 4.29. The third-order valence-electron chi connectivity index (χ3n) is 2.00. The van der Waals surface area contributed by atoms with E-state index in [9.17, 15) is 0 Å². The molecule has 0 saturated heterocycles. The molecular formula is C10H10N4S. The van der Waals surface area contributed by atoms with Crippen LogP contribution in [0.5, 0.6) is 0 Å². The molecule has 2 rings (SSSR count). The number of nitrogens with two attached hydrogens (primary N) is 1. The van der Waals surface area contributed by atoms with E-state index >= 15 is 0 Å². The van der Waals surface area contributed by atoms with E-state index in [1.165, 1.54) is 17.9 Å². The molecule has 0 amide bonds. The minimum Gasteiger partial charge on any atom is -0.389 e. The second kappa shape index (κ2) is 4.18. The van der Waals surface area contributed by atoms with Gasteiger partial charge in [-0.25, -0.2) is 9.97 Å². The van der Waals surface area contributed by atoms with Crippen LogP contribution in [-0.2, 0) is 6.42 Å². The van der Waals surface area contributed by atoms with E-state index in [1.807, 2.05) is 6.08 Å². The van der Waals surface area contributed by atoms with Crippen molar-refractivity contribution in [2.75, 3.05) is 5.73 Å². The van der Waals surface area contributed by atoms with E-state index in [0.717, 1.165) is 21.8 Å². The standard InChI is InChI=1S/C10H10N4S/c1-2-3-8-9(14-15-10(8)11)7-4-12-6-13-5-7/h2,4-6H,1,3,11H2. The first-order valence-electron chi connectivity index (χ1n) is 4.43. The quantitative estimate of drug-likeness (QED) is 0.799. The molecule has 0 saturated carbocycles. The molecule has 76 valence electrons. The highest BCUT2D eigenvalue weighted by molar-refractivity contribution is 7.10. The summed E-state index contributed by atoms with van der Waals surface area (Å²) in [6.45, 7) is 3.70. The van der Waals surface area contributed by atoms with Gasteiger partial charge >= 0.3 is 0 Å². The van der Waals surface area contributed by atoms with Gasteiger partial charge in [-0.05, 0) is 18.0 Å². The average Bonchev–Trinajstić information content (AvgIpc) is 2.63. The Morgan fingerprint density at radius 2 is 2.13 bits per heavy atom. The topological polar surface area (TPSA) is 64.7 Å². The number of aromatic nitrogens is 3. The molecule has 2 N–H and O–H groups in total. The molecule has 0 atom stereocenters. The van der Waals surface area contributed by atoms with Crippen molar-refractivity contribution in [2.24, 2.45) is 0 Å². The number of nitrogens with zero attached hydrogens (tertiary/aromatic N) is 3. The van der Waals surface area contributed by atoms with Gasteiger partial charge in [-0.2, -0.15) is 4.37 Å². The summed E-state index contributed by atoms with van der Waals surface area (Å²) in [6.07, 6.45) is 7.48. The third-order valence-corrected chi connectivity index (χ3v) is 2.72. The zero-order valence-electron chi connectivity index (χ0n) is 8.05. The smallest absolute Gasteiger partial charge is 0.115 e. The van der Waals surface area contributed by atoms with E-state index in [2.05, 4.69) is 20.9 Å². The summed E-state index contributed by atoms with van der Waals surface area (Å²) >= 11 is 1.29. The number of anilines is 1. The molecule has 4 nitrogen and oxygen atoms in total. The zero-order chi connectivity index (χ0) is 10.7. The van der Waals surface area contributed by atoms with Gasteiger partial charge in [-0.1, -0.05) is 6.08 Å². The number of rotatable bonds is 3. The number of hydrogen-bond donors (Lipinski definition) is 1. The van der Waals surface area contributed by atoms with E-state index in [-0.39, 0.29) is 0 Å². The van der Waals surface area contributed by atoms with Gasteiger partial charge in [0, 0.05) is 23.5 Å². The van der Waals surface area contributed by atoms with Gasteiger partial charge < -0.3 is 5.73 Å². The minimum absolute atomic E-state index is 0.715. The first-order chi connectivity index (χ1) is 7.33. The average molecular weight is 218 g/mol. The fraction of sp³-hybridized carbons (Fsp3) is 0.100. The molecule has 0 radical (unpaired) electrons. The van der Waals surface area contributed by atoms with Crippen LogP contribution in [0.1, 0.15) is 5.56 Å². The van der Waals surface area contributed by atoms with Gasteiger partial charge in [0.25, 0.3) is 0 Å². The molecule has 2 aromatic heterocycles. The van der Waals surface area contributed by atoms with Gasteiger partial charge in [0.15, 0.2) is 0 Å². The van der Waals surface area contributed by atoms with Crippen molar-refractivity contribution in [1.29, 1.82) is 0 Å². The summed E-state index contributed by atoms with van der Waals surface area (Å²) in [6, 6.07) is 0. The van der Waals surface area contributed by atoms with E-state index in [4.69, 9.17) is 5.73 Å². The van der Waals surface area contributed by atoms with E-state index in [1.54, 1.807) is 12.4 Å².